The first-order chi connectivity index (χ1) is 9.95. The molecule has 0 aliphatic carbocycles. The van der Waals surface area contributed by atoms with Gasteiger partial charge < -0.3 is 10.6 Å². The molecule has 0 bridgehead atoms. The van der Waals surface area contributed by atoms with Crippen molar-refractivity contribution in [1.29, 1.82) is 0 Å². The number of nitrogens with zero attached hydrogens (tertiary/aromatic N) is 3. The van der Waals surface area contributed by atoms with Crippen molar-refractivity contribution in [3.8, 4) is 0 Å². The van der Waals surface area contributed by atoms with E-state index >= 15 is 0 Å². The molecule has 1 aromatic rings. The summed E-state index contributed by atoms with van der Waals surface area (Å²) in [6.07, 6.45) is 4.22. The van der Waals surface area contributed by atoms with E-state index in [-0.39, 0.29) is 23.4 Å². The van der Waals surface area contributed by atoms with Crippen molar-refractivity contribution in [2.75, 3.05) is 17.2 Å². The molecule has 7 heteroatoms. The van der Waals surface area contributed by atoms with Crippen LogP contribution in [0.3, 0.4) is 0 Å². The molecule has 21 heavy (non-hydrogen) atoms. The summed E-state index contributed by atoms with van der Waals surface area (Å²) in [5.41, 5.74) is -0.0812. The van der Waals surface area contributed by atoms with Crippen LogP contribution >= 0.6 is 0 Å². The van der Waals surface area contributed by atoms with E-state index in [1.807, 2.05) is 13.8 Å². The molecule has 0 fully saturated rings. The molecule has 0 aliphatic rings. The lowest BCUT2D eigenvalue weighted by Crippen LogP contribution is -2.18. The Morgan fingerprint density at radius 1 is 1.24 bits per heavy atom. The number of rotatable bonds is 9. The minimum Gasteiger partial charge on any atom is -0.364 e. The number of nitro groups is 1. The molecule has 2 N–H and O–H groups in total. The number of nitrogens with one attached hydrogen (secondary N) is 2. The van der Waals surface area contributed by atoms with Gasteiger partial charge in [-0.25, -0.2) is 9.97 Å². The molecule has 1 atom stereocenters. The summed E-state index contributed by atoms with van der Waals surface area (Å²) in [5.74, 6) is 1.16. The molecule has 0 saturated carbocycles. The maximum Gasteiger partial charge on any atom is 0.353 e. The average molecular weight is 295 g/mol. The SMILES string of the molecule is CCCNc1ncnc(NC(C)CCC(C)C)c1[N+](=O)[O-]. The van der Waals surface area contributed by atoms with Gasteiger partial charge in [-0.05, 0) is 32.1 Å². The highest BCUT2D eigenvalue weighted by Gasteiger charge is 2.23. The highest BCUT2D eigenvalue weighted by molar-refractivity contribution is 5.69. The topological polar surface area (TPSA) is 93.0 Å². The zero-order valence-corrected chi connectivity index (χ0v) is 13.2. The minimum absolute atomic E-state index is 0.0812. The molecule has 118 valence electrons. The van der Waals surface area contributed by atoms with Gasteiger partial charge in [0, 0.05) is 12.6 Å². The molecular formula is C14H25N5O2. The van der Waals surface area contributed by atoms with E-state index in [9.17, 15) is 10.1 Å². The normalized spacial score (nSPS) is 12.2. The van der Waals surface area contributed by atoms with Crippen LogP contribution in [0, 0.1) is 16.0 Å². The highest BCUT2D eigenvalue weighted by Crippen LogP contribution is 2.29. The lowest BCUT2D eigenvalue weighted by Gasteiger charge is -2.16. The lowest BCUT2D eigenvalue weighted by atomic mass is 10.0. The van der Waals surface area contributed by atoms with Gasteiger partial charge in [0.15, 0.2) is 0 Å². The van der Waals surface area contributed by atoms with E-state index in [0.29, 0.717) is 12.5 Å². The maximum absolute atomic E-state index is 11.3. The Bertz CT molecular complexity index is 465. The molecule has 0 saturated heterocycles. The van der Waals surface area contributed by atoms with Crippen molar-refractivity contribution in [2.45, 2.75) is 53.0 Å². The second-order valence-electron chi connectivity index (χ2n) is 5.62. The molecule has 7 nitrogen and oxygen atoms in total. The van der Waals surface area contributed by atoms with E-state index in [0.717, 1.165) is 19.3 Å². The van der Waals surface area contributed by atoms with Gasteiger partial charge in [0.1, 0.15) is 6.33 Å². The summed E-state index contributed by atoms with van der Waals surface area (Å²) in [6, 6.07) is 0.125. The van der Waals surface area contributed by atoms with Crippen LogP contribution < -0.4 is 10.6 Å². The van der Waals surface area contributed by atoms with Gasteiger partial charge in [-0.2, -0.15) is 0 Å². The van der Waals surface area contributed by atoms with Crippen LogP contribution in [-0.4, -0.2) is 27.5 Å². The van der Waals surface area contributed by atoms with Crippen molar-refractivity contribution in [3.05, 3.63) is 16.4 Å². The number of hydrogen-bond acceptors (Lipinski definition) is 6. The van der Waals surface area contributed by atoms with Gasteiger partial charge in [0.05, 0.1) is 4.92 Å². The monoisotopic (exact) mass is 295 g/mol. The second kappa shape index (κ2) is 8.39. The zero-order valence-electron chi connectivity index (χ0n) is 13.2. The molecule has 0 amide bonds. The minimum atomic E-state index is -0.435. The Hall–Kier alpha value is -1.92. The standard InChI is InChI=1S/C14H25N5O2/c1-5-8-15-13-12(19(20)21)14(17-9-16-13)18-11(4)7-6-10(2)3/h9-11H,5-8H2,1-4H3,(H2,15,16,17,18). The first-order valence-electron chi connectivity index (χ1n) is 7.45. The molecule has 1 unspecified atom stereocenters. The first-order valence-corrected chi connectivity index (χ1v) is 7.45. The van der Waals surface area contributed by atoms with Gasteiger partial charge in [0.2, 0.25) is 11.6 Å². The van der Waals surface area contributed by atoms with E-state index in [1.165, 1.54) is 6.33 Å². The van der Waals surface area contributed by atoms with Crippen LogP contribution in [0.15, 0.2) is 6.33 Å². The third-order valence-corrected chi connectivity index (χ3v) is 3.11. The van der Waals surface area contributed by atoms with Crippen LogP contribution in [0.5, 0.6) is 0 Å². The fraction of sp³-hybridized carbons (Fsp3) is 0.714. The number of hydrogen-bond donors (Lipinski definition) is 2. The first kappa shape index (κ1) is 17.1. The third-order valence-electron chi connectivity index (χ3n) is 3.11. The predicted molar refractivity (Wildman–Crippen MR) is 84.6 cm³/mol. The largest absolute Gasteiger partial charge is 0.364 e. The predicted octanol–water partition coefficient (Wildman–Crippen LogP) is 3.44. The molecule has 0 spiro atoms. The second-order valence-corrected chi connectivity index (χ2v) is 5.62. The van der Waals surface area contributed by atoms with E-state index in [1.54, 1.807) is 0 Å². The molecule has 1 heterocycles. The van der Waals surface area contributed by atoms with Crippen LogP contribution in [0.1, 0.15) is 47.0 Å². The van der Waals surface area contributed by atoms with Crippen molar-refractivity contribution in [2.24, 2.45) is 5.92 Å². The van der Waals surface area contributed by atoms with Crippen molar-refractivity contribution >= 4 is 17.3 Å². The third kappa shape index (κ3) is 5.53. The molecular weight excluding hydrogens is 270 g/mol. The smallest absolute Gasteiger partial charge is 0.353 e. The summed E-state index contributed by atoms with van der Waals surface area (Å²) in [7, 11) is 0. The summed E-state index contributed by atoms with van der Waals surface area (Å²) in [4.78, 5) is 18.9. The molecule has 1 aromatic heterocycles. The molecule has 1 rings (SSSR count). The van der Waals surface area contributed by atoms with Crippen molar-refractivity contribution < 1.29 is 4.92 Å². The van der Waals surface area contributed by atoms with E-state index < -0.39 is 4.92 Å². The Kier molecular flexibility index (Phi) is 6.84. The van der Waals surface area contributed by atoms with Gasteiger partial charge >= 0.3 is 5.69 Å². The Morgan fingerprint density at radius 3 is 2.48 bits per heavy atom. The molecule has 0 radical (unpaired) electrons. The summed E-state index contributed by atoms with van der Waals surface area (Å²) in [6.45, 7) is 8.96. The Labute approximate surface area is 125 Å². The fourth-order valence-corrected chi connectivity index (χ4v) is 1.92. The number of aromatic nitrogens is 2. The molecule has 0 aliphatic heterocycles. The van der Waals surface area contributed by atoms with Crippen LogP contribution in [0.25, 0.3) is 0 Å². The maximum atomic E-state index is 11.3. The summed E-state index contributed by atoms with van der Waals surface area (Å²) >= 11 is 0. The van der Waals surface area contributed by atoms with Gasteiger partial charge in [-0.3, -0.25) is 10.1 Å². The van der Waals surface area contributed by atoms with Crippen molar-refractivity contribution in [3.63, 3.8) is 0 Å². The summed E-state index contributed by atoms with van der Waals surface area (Å²) in [5, 5.41) is 17.4. The fourth-order valence-electron chi connectivity index (χ4n) is 1.92. The Morgan fingerprint density at radius 2 is 1.90 bits per heavy atom. The van der Waals surface area contributed by atoms with E-state index in [2.05, 4.69) is 34.4 Å². The quantitative estimate of drug-likeness (QED) is 0.535. The van der Waals surface area contributed by atoms with Crippen LogP contribution in [0.2, 0.25) is 0 Å². The van der Waals surface area contributed by atoms with Gasteiger partial charge in [-0.1, -0.05) is 20.8 Å². The zero-order chi connectivity index (χ0) is 15.8. The number of anilines is 2. The van der Waals surface area contributed by atoms with Crippen molar-refractivity contribution in [1.82, 2.24) is 9.97 Å². The Balaban J connectivity index is 2.87. The van der Waals surface area contributed by atoms with Gasteiger partial charge in [-0.15, -0.1) is 0 Å². The summed E-state index contributed by atoms with van der Waals surface area (Å²) < 4.78 is 0. The average Bonchev–Trinajstić information content (AvgIpc) is 2.42. The lowest BCUT2D eigenvalue weighted by molar-refractivity contribution is -0.383. The highest BCUT2D eigenvalue weighted by atomic mass is 16.6. The van der Waals surface area contributed by atoms with E-state index in [4.69, 9.17) is 0 Å². The van der Waals surface area contributed by atoms with Crippen LogP contribution in [-0.2, 0) is 0 Å². The van der Waals surface area contributed by atoms with Crippen LogP contribution in [0.4, 0.5) is 17.3 Å². The van der Waals surface area contributed by atoms with Gasteiger partial charge in [0.25, 0.3) is 0 Å². The molecule has 0 aromatic carbocycles.